The van der Waals surface area contributed by atoms with Crippen LogP contribution in [0.4, 0.5) is 5.69 Å². The zero-order chi connectivity index (χ0) is 15.5. The van der Waals surface area contributed by atoms with Gasteiger partial charge in [-0.25, -0.2) is 0 Å². The van der Waals surface area contributed by atoms with Crippen LogP contribution in [-0.4, -0.2) is 29.9 Å². The Morgan fingerprint density at radius 1 is 1.27 bits per heavy atom. The van der Waals surface area contributed by atoms with Crippen LogP contribution in [0.5, 0.6) is 0 Å². The number of rotatable bonds is 3. The molecule has 1 aliphatic heterocycles. The number of piperazine rings is 1. The molecule has 118 valence electrons. The summed E-state index contributed by atoms with van der Waals surface area (Å²) in [5.74, 6) is -0.270. The van der Waals surface area contributed by atoms with E-state index in [1.54, 1.807) is 24.3 Å². The second kappa shape index (κ2) is 6.67. The zero-order valence-corrected chi connectivity index (χ0v) is 13.0. The normalized spacial score (nSPS) is 27.7. The molecule has 2 amide bonds. The number of hydrogen-bond donors (Lipinski definition) is 3. The first-order valence-corrected chi connectivity index (χ1v) is 8.11. The van der Waals surface area contributed by atoms with Gasteiger partial charge >= 0.3 is 0 Å². The molecule has 0 spiro atoms. The van der Waals surface area contributed by atoms with Crippen LogP contribution >= 0.6 is 11.6 Å². The van der Waals surface area contributed by atoms with Crippen LogP contribution in [0.1, 0.15) is 32.1 Å². The predicted octanol–water partition coefficient (Wildman–Crippen LogP) is 2.07. The lowest BCUT2D eigenvalue weighted by atomic mass is 9.87. The molecule has 6 heteroatoms. The van der Waals surface area contributed by atoms with Crippen LogP contribution in [0, 0.1) is 0 Å². The molecule has 3 atom stereocenters. The van der Waals surface area contributed by atoms with Crippen LogP contribution < -0.4 is 16.0 Å². The van der Waals surface area contributed by atoms with Gasteiger partial charge in [-0.3, -0.25) is 9.59 Å². The highest BCUT2D eigenvalue weighted by Crippen LogP contribution is 2.22. The Balaban J connectivity index is 1.57. The SMILES string of the molecule is O=C(C[C@H]1N[C@H]2CCCC[C@@H]2NC1=O)Nc1cccc(Cl)c1. The summed E-state index contributed by atoms with van der Waals surface area (Å²) in [6, 6.07) is 7.02. The molecule has 0 unspecified atom stereocenters. The number of halogens is 1. The van der Waals surface area contributed by atoms with Crippen LogP contribution in [0.2, 0.25) is 5.02 Å². The number of hydrogen-bond acceptors (Lipinski definition) is 3. The molecule has 1 saturated heterocycles. The molecule has 0 bridgehead atoms. The fourth-order valence-corrected chi connectivity index (χ4v) is 3.43. The largest absolute Gasteiger partial charge is 0.350 e. The quantitative estimate of drug-likeness (QED) is 0.798. The minimum Gasteiger partial charge on any atom is -0.350 e. The van der Waals surface area contributed by atoms with Gasteiger partial charge in [0.15, 0.2) is 0 Å². The average molecular weight is 322 g/mol. The summed E-state index contributed by atoms with van der Waals surface area (Å²) in [4.78, 5) is 24.2. The van der Waals surface area contributed by atoms with E-state index < -0.39 is 6.04 Å². The van der Waals surface area contributed by atoms with E-state index in [-0.39, 0.29) is 30.3 Å². The Bertz CT molecular complexity index is 578. The standard InChI is InChI=1S/C16H20ClN3O2/c17-10-4-3-5-11(8-10)18-15(21)9-14-16(22)20-13-7-2-1-6-12(13)19-14/h3-5,8,12-14,19H,1-2,6-7,9H2,(H,18,21)(H,20,22)/t12-,13-,14+/m0/s1. The van der Waals surface area contributed by atoms with Crippen molar-refractivity contribution in [3.63, 3.8) is 0 Å². The number of fused-ring (bicyclic) bond motifs is 1. The van der Waals surface area contributed by atoms with Crippen molar-refractivity contribution in [1.82, 2.24) is 10.6 Å². The van der Waals surface area contributed by atoms with Crippen LogP contribution in [0.15, 0.2) is 24.3 Å². The van der Waals surface area contributed by atoms with Crippen LogP contribution in [-0.2, 0) is 9.59 Å². The highest BCUT2D eigenvalue weighted by Gasteiger charge is 2.36. The zero-order valence-electron chi connectivity index (χ0n) is 12.3. The molecule has 1 heterocycles. The van der Waals surface area contributed by atoms with Gasteiger partial charge in [0.25, 0.3) is 0 Å². The van der Waals surface area contributed by atoms with Gasteiger partial charge in [0.2, 0.25) is 11.8 Å². The Morgan fingerprint density at radius 3 is 2.82 bits per heavy atom. The summed E-state index contributed by atoms with van der Waals surface area (Å²) < 4.78 is 0. The molecule has 1 saturated carbocycles. The molecule has 5 nitrogen and oxygen atoms in total. The average Bonchev–Trinajstić information content (AvgIpc) is 2.48. The fourth-order valence-electron chi connectivity index (χ4n) is 3.24. The van der Waals surface area contributed by atoms with Gasteiger partial charge in [-0.2, -0.15) is 0 Å². The molecule has 3 N–H and O–H groups in total. The van der Waals surface area contributed by atoms with Crippen molar-refractivity contribution in [2.24, 2.45) is 0 Å². The van der Waals surface area contributed by atoms with E-state index in [0.29, 0.717) is 10.7 Å². The van der Waals surface area contributed by atoms with Crippen molar-refractivity contribution in [3.05, 3.63) is 29.3 Å². The van der Waals surface area contributed by atoms with E-state index in [0.717, 1.165) is 19.3 Å². The minimum absolute atomic E-state index is 0.0793. The molecule has 1 aromatic rings. The van der Waals surface area contributed by atoms with Gasteiger partial charge in [0.1, 0.15) is 0 Å². The lowest BCUT2D eigenvalue weighted by molar-refractivity contribution is -0.129. The molecule has 0 aromatic heterocycles. The van der Waals surface area contributed by atoms with Crippen molar-refractivity contribution >= 4 is 29.1 Å². The lowest BCUT2D eigenvalue weighted by Gasteiger charge is -2.40. The Labute approximate surface area is 134 Å². The topological polar surface area (TPSA) is 70.2 Å². The number of benzene rings is 1. The molecular formula is C16H20ClN3O2. The Kier molecular flexibility index (Phi) is 4.64. The van der Waals surface area contributed by atoms with E-state index in [9.17, 15) is 9.59 Å². The minimum atomic E-state index is -0.460. The molecule has 3 rings (SSSR count). The number of anilines is 1. The number of carbonyl (C=O) groups is 2. The van der Waals surface area contributed by atoms with E-state index in [4.69, 9.17) is 11.6 Å². The Hall–Kier alpha value is -1.59. The molecule has 2 aliphatic rings. The van der Waals surface area contributed by atoms with E-state index in [2.05, 4.69) is 16.0 Å². The second-order valence-electron chi connectivity index (χ2n) is 5.99. The maximum absolute atomic E-state index is 12.1. The van der Waals surface area contributed by atoms with Gasteiger partial charge in [-0.15, -0.1) is 0 Å². The summed E-state index contributed by atoms with van der Waals surface area (Å²) in [7, 11) is 0. The number of nitrogens with one attached hydrogen (secondary N) is 3. The summed E-state index contributed by atoms with van der Waals surface area (Å²) in [5, 5.41) is 9.72. The highest BCUT2D eigenvalue weighted by atomic mass is 35.5. The van der Waals surface area contributed by atoms with E-state index in [1.165, 1.54) is 6.42 Å². The van der Waals surface area contributed by atoms with Crippen molar-refractivity contribution in [2.75, 3.05) is 5.32 Å². The summed E-state index contributed by atoms with van der Waals surface area (Å²) in [6.07, 6.45) is 4.53. The second-order valence-corrected chi connectivity index (χ2v) is 6.42. The maximum atomic E-state index is 12.1. The highest BCUT2D eigenvalue weighted by molar-refractivity contribution is 6.30. The predicted molar refractivity (Wildman–Crippen MR) is 85.8 cm³/mol. The van der Waals surface area contributed by atoms with Gasteiger partial charge in [0.05, 0.1) is 12.5 Å². The van der Waals surface area contributed by atoms with Crippen molar-refractivity contribution in [3.8, 4) is 0 Å². The van der Waals surface area contributed by atoms with E-state index in [1.807, 2.05) is 0 Å². The van der Waals surface area contributed by atoms with Crippen molar-refractivity contribution in [2.45, 2.75) is 50.2 Å². The molecular weight excluding hydrogens is 302 g/mol. The fraction of sp³-hybridized carbons (Fsp3) is 0.500. The molecule has 0 radical (unpaired) electrons. The third-order valence-corrected chi connectivity index (χ3v) is 4.56. The van der Waals surface area contributed by atoms with Gasteiger partial charge < -0.3 is 16.0 Å². The van der Waals surface area contributed by atoms with Crippen LogP contribution in [0.3, 0.4) is 0 Å². The lowest BCUT2D eigenvalue weighted by Crippen LogP contribution is -2.65. The van der Waals surface area contributed by atoms with Crippen LogP contribution in [0.25, 0.3) is 0 Å². The van der Waals surface area contributed by atoms with Crippen molar-refractivity contribution < 1.29 is 9.59 Å². The molecule has 22 heavy (non-hydrogen) atoms. The third kappa shape index (κ3) is 3.59. The van der Waals surface area contributed by atoms with E-state index >= 15 is 0 Å². The van der Waals surface area contributed by atoms with Crippen molar-refractivity contribution in [1.29, 1.82) is 0 Å². The third-order valence-electron chi connectivity index (χ3n) is 4.32. The maximum Gasteiger partial charge on any atom is 0.237 e. The number of carbonyl (C=O) groups excluding carboxylic acids is 2. The summed E-state index contributed by atoms with van der Waals surface area (Å²) >= 11 is 5.89. The first-order chi connectivity index (χ1) is 10.6. The first-order valence-electron chi connectivity index (χ1n) is 7.73. The first kappa shape index (κ1) is 15.3. The summed E-state index contributed by atoms with van der Waals surface area (Å²) in [5.41, 5.74) is 0.643. The smallest absolute Gasteiger partial charge is 0.237 e. The monoisotopic (exact) mass is 321 g/mol. The van der Waals surface area contributed by atoms with Gasteiger partial charge in [-0.05, 0) is 31.0 Å². The molecule has 1 aromatic carbocycles. The summed E-state index contributed by atoms with van der Waals surface area (Å²) in [6.45, 7) is 0. The number of amides is 2. The molecule has 2 fully saturated rings. The van der Waals surface area contributed by atoms with Gasteiger partial charge in [0, 0.05) is 22.8 Å². The Morgan fingerprint density at radius 2 is 2.05 bits per heavy atom. The molecule has 1 aliphatic carbocycles. The van der Waals surface area contributed by atoms with Gasteiger partial charge in [-0.1, -0.05) is 30.5 Å².